The smallest absolute Gasteiger partial charge is 0.224 e. The van der Waals surface area contributed by atoms with Crippen molar-refractivity contribution in [2.75, 3.05) is 19.7 Å². The quantitative estimate of drug-likeness (QED) is 0.196. The molecular formula is C34H50N2O7. The summed E-state index contributed by atoms with van der Waals surface area (Å²) in [5, 5.41) is 55.1. The summed E-state index contributed by atoms with van der Waals surface area (Å²) in [6.45, 7) is 14.7. The number of rotatable bonds is 12. The summed E-state index contributed by atoms with van der Waals surface area (Å²) in [4.78, 5) is 11.6. The van der Waals surface area contributed by atoms with Gasteiger partial charge in [-0.3, -0.25) is 4.79 Å². The molecule has 0 radical (unpaired) electrons. The van der Waals surface area contributed by atoms with Crippen LogP contribution in [0.25, 0.3) is 6.08 Å². The molecule has 0 aromatic heterocycles. The Balaban J connectivity index is 1.82. The Morgan fingerprint density at radius 3 is 2.28 bits per heavy atom. The number of phenols is 1. The van der Waals surface area contributed by atoms with Gasteiger partial charge in [0.15, 0.2) is 0 Å². The van der Waals surface area contributed by atoms with E-state index in [1.54, 1.807) is 12.1 Å². The van der Waals surface area contributed by atoms with Crippen molar-refractivity contribution in [3.8, 4) is 5.75 Å². The lowest BCUT2D eigenvalue weighted by Gasteiger charge is -2.40. The van der Waals surface area contributed by atoms with Gasteiger partial charge >= 0.3 is 0 Å². The van der Waals surface area contributed by atoms with Crippen molar-refractivity contribution in [1.82, 2.24) is 5.32 Å². The van der Waals surface area contributed by atoms with Gasteiger partial charge in [-0.1, -0.05) is 58.0 Å². The van der Waals surface area contributed by atoms with E-state index in [9.17, 15) is 30.3 Å². The SMILES string of the molecule is Cc1cc(/C=C/C(C)(C)CNCC(C)(C)C(N)=O)ccc1Cc1cc(C2OC(CO)[C@@H](O)[C@H](O)[C@H]2O)c(O)cc1C(C)C. The van der Waals surface area contributed by atoms with Gasteiger partial charge in [0.25, 0.3) is 0 Å². The third-order valence-electron chi connectivity index (χ3n) is 8.40. The van der Waals surface area contributed by atoms with E-state index in [1.165, 1.54) is 0 Å². The van der Waals surface area contributed by atoms with Crippen LogP contribution in [0.2, 0.25) is 0 Å². The lowest BCUT2D eigenvalue weighted by Crippen LogP contribution is -2.55. The Morgan fingerprint density at radius 1 is 1.02 bits per heavy atom. The molecular weight excluding hydrogens is 548 g/mol. The fourth-order valence-electron chi connectivity index (χ4n) is 5.34. The number of primary amides is 1. The van der Waals surface area contributed by atoms with Crippen LogP contribution in [0.5, 0.6) is 5.75 Å². The van der Waals surface area contributed by atoms with E-state index in [2.05, 4.69) is 56.4 Å². The second kappa shape index (κ2) is 13.9. The topological polar surface area (TPSA) is 166 Å². The van der Waals surface area contributed by atoms with Crippen LogP contribution in [0.1, 0.15) is 86.9 Å². The minimum atomic E-state index is -1.53. The maximum atomic E-state index is 11.6. The summed E-state index contributed by atoms with van der Waals surface area (Å²) in [7, 11) is 0. The Bertz CT molecular complexity index is 1300. The number of phenolic OH excluding ortho intramolecular Hbond substituents is 1. The fraction of sp³-hybridized carbons (Fsp3) is 0.559. The minimum Gasteiger partial charge on any atom is -0.508 e. The van der Waals surface area contributed by atoms with E-state index < -0.39 is 42.5 Å². The predicted molar refractivity (Wildman–Crippen MR) is 168 cm³/mol. The Morgan fingerprint density at radius 2 is 1.70 bits per heavy atom. The van der Waals surface area contributed by atoms with Crippen molar-refractivity contribution in [3.05, 3.63) is 69.8 Å². The largest absolute Gasteiger partial charge is 0.508 e. The summed E-state index contributed by atoms with van der Waals surface area (Å²) in [6.07, 6.45) is -1.87. The van der Waals surface area contributed by atoms with E-state index in [1.807, 2.05) is 27.7 Å². The zero-order valence-corrected chi connectivity index (χ0v) is 26.5. The molecule has 0 spiro atoms. The molecule has 2 aromatic carbocycles. The average Bonchev–Trinajstić information content (AvgIpc) is 2.92. The molecule has 43 heavy (non-hydrogen) atoms. The van der Waals surface area contributed by atoms with Crippen LogP contribution < -0.4 is 11.1 Å². The number of carbonyl (C=O) groups is 1. The van der Waals surface area contributed by atoms with E-state index in [0.717, 1.165) is 27.8 Å². The van der Waals surface area contributed by atoms with Crippen molar-refractivity contribution >= 4 is 12.0 Å². The number of ether oxygens (including phenoxy) is 1. The maximum Gasteiger partial charge on any atom is 0.224 e. The van der Waals surface area contributed by atoms with Crippen LogP contribution in [0.4, 0.5) is 0 Å². The number of aliphatic hydroxyl groups excluding tert-OH is 4. The normalized spacial score (nSPS) is 23.3. The average molecular weight is 599 g/mol. The van der Waals surface area contributed by atoms with Crippen LogP contribution >= 0.6 is 0 Å². The molecule has 0 saturated carbocycles. The molecule has 238 valence electrons. The van der Waals surface area contributed by atoms with Crippen molar-refractivity contribution in [2.45, 2.75) is 91.3 Å². The van der Waals surface area contributed by atoms with E-state index in [-0.39, 0.29) is 23.0 Å². The second-order valence-electron chi connectivity index (χ2n) is 13.6. The highest BCUT2D eigenvalue weighted by molar-refractivity contribution is 5.80. The molecule has 1 heterocycles. The number of hydrogen-bond acceptors (Lipinski definition) is 8. The maximum absolute atomic E-state index is 11.6. The Labute approximate surface area is 255 Å². The third kappa shape index (κ3) is 8.44. The van der Waals surface area contributed by atoms with Gasteiger partial charge in [0.2, 0.25) is 5.91 Å². The van der Waals surface area contributed by atoms with Crippen LogP contribution in [0.3, 0.4) is 0 Å². The molecule has 1 fully saturated rings. The van der Waals surface area contributed by atoms with E-state index >= 15 is 0 Å². The molecule has 2 unspecified atom stereocenters. The van der Waals surface area contributed by atoms with Gasteiger partial charge in [-0.05, 0) is 78.5 Å². The molecule has 1 aliphatic rings. The molecule has 5 atom stereocenters. The molecule has 2 aromatic rings. The number of amides is 1. The number of carbonyl (C=O) groups excluding carboxylic acids is 1. The zero-order valence-electron chi connectivity index (χ0n) is 26.5. The molecule has 0 aliphatic carbocycles. The summed E-state index contributed by atoms with van der Waals surface area (Å²) < 4.78 is 5.75. The first-order valence-corrected chi connectivity index (χ1v) is 14.9. The van der Waals surface area contributed by atoms with Crippen LogP contribution in [-0.4, -0.2) is 75.6 Å². The molecule has 1 amide bonds. The predicted octanol–water partition coefficient (Wildman–Crippen LogP) is 3.07. The third-order valence-corrected chi connectivity index (χ3v) is 8.40. The number of aromatic hydroxyl groups is 1. The number of benzene rings is 2. The molecule has 8 N–H and O–H groups in total. The molecule has 9 heteroatoms. The van der Waals surface area contributed by atoms with Crippen molar-refractivity contribution in [2.24, 2.45) is 16.6 Å². The summed E-state index contributed by atoms with van der Waals surface area (Å²) >= 11 is 0. The standard InChI is InChI=1S/C34H50N2O7/c1-19(2)24-15-26(38)25(31-30(41)29(40)28(39)27(16-37)43-31)14-23(24)13-22-9-8-21(12-20(22)3)10-11-33(4,5)17-36-18-34(6,7)32(35)42/h8-12,14-15,19,27-31,36-41H,13,16-18H2,1-7H3,(H2,35,42)/b11-10+/t27?,28-,29+,30-,31?/m1/s1. The van der Waals surface area contributed by atoms with Gasteiger partial charge in [-0.2, -0.15) is 0 Å². The lowest BCUT2D eigenvalue weighted by molar-refractivity contribution is -0.232. The second-order valence-corrected chi connectivity index (χ2v) is 13.6. The van der Waals surface area contributed by atoms with Crippen molar-refractivity contribution in [1.29, 1.82) is 0 Å². The van der Waals surface area contributed by atoms with Crippen LogP contribution in [0, 0.1) is 17.8 Å². The number of aliphatic hydroxyl groups is 4. The van der Waals surface area contributed by atoms with E-state index in [4.69, 9.17) is 10.5 Å². The first-order valence-electron chi connectivity index (χ1n) is 14.9. The van der Waals surface area contributed by atoms with Gasteiger partial charge in [0.05, 0.1) is 12.0 Å². The highest BCUT2D eigenvalue weighted by atomic mass is 16.5. The number of nitrogens with one attached hydrogen (secondary N) is 1. The van der Waals surface area contributed by atoms with Gasteiger partial charge < -0.3 is 41.3 Å². The monoisotopic (exact) mass is 598 g/mol. The first-order chi connectivity index (χ1) is 20.0. The highest BCUT2D eigenvalue weighted by Crippen LogP contribution is 2.40. The Hall–Kier alpha value is -2.79. The van der Waals surface area contributed by atoms with Crippen molar-refractivity contribution < 1.29 is 35.1 Å². The van der Waals surface area contributed by atoms with Crippen LogP contribution in [0.15, 0.2) is 36.4 Å². The lowest BCUT2D eigenvalue weighted by atomic mass is 9.85. The molecule has 0 bridgehead atoms. The zero-order chi connectivity index (χ0) is 32.3. The van der Waals surface area contributed by atoms with Gasteiger partial charge in [0.1, 0.15) is 36.3 Å². The van der Waals surface area contributed by atoms with Gasteiger partial charge in [0, 0.05) is 18.7 Å². The molecule has 1 saturated heterocycles. The number of nitrogens with two attached hydrogens (primary N) is 1. The fourth-order valence-corrected chi connectivity index (χ4v) is 5.34. The van der Waals surface area contributed by atoms with Crippen LogP contribution in [-0.2, 0) is 16.0 Å². The minimum absolute atomic E-state index is 0.0794. The van der Waals surface area contributed by atoms with E-state index in [0.29, 0.717) is 25.1 Å². The number of hydrogen-bond donors (Lipinski definition) is 7. The molecule has 1 aliphatic heterocycles. The van der Waals surface area contributed by atoms with Gasteiger partial charge in [-0.15, -0.1) is 0 Å². The van der Waals surface area contributed by atoms with Gasteiger partial charge in [-0.25, -0.2) is 0 Å². The molecule has 9 nitrogen and oxygen atoms in total. The molecule has 3 rings (SSSR count). The number of aryl methyl sites for hydroxylation is 1. The Kier molecular flexibility index (Phi) is 11.2. The summed E-state index contributed by atoms with van der Waals surface area (Å²) in [5.74, 6) is -0.303. The first kappa shape index (κ1) is 34.7. The highest BCUT2D eigenvalue weighted by Gasteiger charge is 2.45. The summed E-state index contributed by atoms with van der Waals surface area (Å²) in [5.41, 5.74) is 10.1. The summed E-state index contributed by atoms with van der Waals surface area (Å²) in [6, 6.07) is 9.73. The van der Waals surface area contributed by atoms with Crippen molar-refractivity contribution in [3.63, 3.8) is 0 Å².